The van der Waals surface area contributed by atoms with Gasteiger partial charge in [-0.2, -0.15) is 0 Å². The van der Waals surface area contributed by atoms with Crippen LogP contribution in [0, 0.1) is 0 Å². The summed E-state index contributed by atoms with van der Waals surface area (Å²) in [6.45, 7) is 4.81. The van der Waals surface area contributed by atoms with Crippen molar-refractivity contribution in [3.8, 4) is 5.75 Å². The van der Waals surface area contributed by atoms with Crippen LogP contribution < -0.4 is 10.1 Å². The van der Waals surface area contributed by atoms with Crippen LogP contribution in [0.3, 0.4) is 0 Å². The summed E-state index contributed by atoms with van der Waals surface area (Å²) >= 11 is 0. The Morgan fingerprint density at radius 2 is 1.69 bits per heavy atom. The lowest BCUT2D eigenvalue weighted by Gasteiger charge is -2.32. The van der Waals surface area contributed by atoms with Crippen LogP contribution >= 0.6 is 0 Å². The number of anilines is 1. The fraction of sp³-hybridized carbons (Fsp3) is 0.381. The first kappa shape index (κ1) is 18.3. The van der Waals surface area contributed by atoms with E-state index in [1.807, 2.05) is 59.5 Å². The molecule has 1 amide bonds. The van der Waals surface area contributed by atoms with Crippen LogP contribution in [0.15, 0.2) is 54.6 Å². The van der Waals surface area contributed by atoms with Gasteiger partial charge in [-0.15, -0.1) is 0 Å². The average Bonchev–Trinajstić information content (AvgIpc) is 2.68. The quantitative estimate of drug-likeness (QED) is 0.831. The molecule has 0 atom stereocenters. The molecule has 1 aliphatic heterocycles. The zero-order valence-corrected chi connectivity index (χ0v) is 15.4. The van der Waals surface area contributed by atoms with Crippen molar-refractivity contribution in [2.75, 3.05) is 45.1 Å². The van der Waals surface area contributed by atoms with Crippen LogP contribution in [0.1, 0.15) is 12.0 Å². The summed E-state index contributed by atoms with van der Waals surface area (Å²) in [5, 5.41) is 3.31. The van der Waals surface area contributed by atoms with E-state index >= 15 is 0 Å². The zero-order valence-electron chi connectivity index (χ0n) is 15.4. The van der Waals surface area contributed by atoms with Crippen LogP contribution in [-0.4, -0.2) is 55.5 Å². The third-order valence-corrected chi connectivity index (χ3v) is 4.63. The first-order chi connectivity index (χ1) is 12.7. The van der Waals surface area contributed by atoms with Crippen molar-refractivity contribution < 1.29 is 9.53 Å². The van der Waals surface area contributed by atoms with Crippen molar-refractivity contribution in [2.24, 2.45) is 0 Å². The Hall–Kier alpha value is -2.53. The number of likely N-dealkylation sites (N-methyl/N-ethyl adjacent to an activating group) is 1. The van der Waals surface area contributed by atoms with E-state index in [-0.39, 0.29) is 5.91 Å². The molecule has 2 aromatic carbocycles. The lowest BCUT2D eigenvalue weighted by molar-refractivity contribution is -0.132. The number of benzene rings is 2. The molecule has 0 radical (unpaired) electrons. The maximum Gasteiger partial charge on any atom is 0.224 e. The summed E-state index contributed by atoms with van der Waals surface area (Å²) in [6.07, 6.45) is 0.524. The molecule has 0 unspecified atom stereocenters. The molecule has 1 saturated heterocycles. The predicted molar refractivity (Wildman–Crippen MR) is 104 cm³/mol. The van der Waals surface area contributed by atoms with Gasteiger partial charge in [0, 0.05) is 44.8 Å². The van der Waals surface area contributed by atoms with Gasteiger partial charge >= 0.3 is 0 Å². The Kier molecular flexibility index (Phi) is 6.50. The molecule has 0 bridgehead atoms. The van der Waals surface area contributed by atoms with Gasteiger partial charge in [-0.3, -0.25) is 4.79 Å². The third-order valence-electron chi connectivity index (χ3n) is 4.63. The fourth-order valence-electron chi connectivity index (χ4n) is 2.94. The number of rotatable bonds is 7. The number of carbonyl (C=O) groups excluding carboxylic acids is 1. The molecule has 5 heteroatoms. The second-order valence-electron chi connectivity index (χ2n) is 6.66. The Morgan fingerprint density at radius 1 is 1.00 bits per heavy atom. The molecule has 0 spiro atoms. The molecule has 1 aliphatic rings. The lowest BCUT2D eigenvalue weighted by Crippen LogP contribution is -2.47. The number of piperazine rings is 1. The largest absolute Gasteiger partial charge is 0.489 e. The summed E-state index contributed by atoms with van der Waals surface area (Å²) in [5.41, 5.74) is 2.15. The molecule has 5 nitrogen and oxygen atoms in total. The molecule has 1 heterocycles. The molecule has 0 aliphatic carbocycles. The van der Waals surface area contributed by atoms with Gasteiger partial charge in [0.25, 0.3) is 0 Å². The van der Waals surface area contributed by atoms with E-state index in [0.29, 0.717) is 19.6 Å². The number of hydrogen-bond acceptors (Lipinski definition) is 4. The highest BCUT2D eigenvalue weighted by Crippen LogP contribution is 2.17. The topological polar surface area (TPSA) is 44.8 Å². The minimum atomic E-state index is 0.230. The third kappa shape index (κ3) is 5.49. The van der Waals surface area contributed by atoms with Crippen LogP contribution in [0.2, 0.25) is 0 Å². The van der Waals surface area contributed by atoms with Crippen molar-refractivity contribution >= 4 is 11.6 Å². The smallest absolute Gasteiger partial charge is 0.224 e. The molecule has 138 valence electrons. The molecular formula is C21H27N3O2. The lowest BCUT2D eigenvalue weighted by atomic mass is 10.2. The van der Waals surface area contributed by atoms with Crippen molar-refractivity contribution in [2.45, 2.75) is 13.0 Å². The summed E-state index contributed by atoms with van der Waals surface area (Å²) in [4.78, 5) is 16.4. The highest BCUT2D eigenvalue weighted by atomic mass is 16.5. The van der Waals surface area contributed by atoms with E-state index in [1.165, 1.54) is 0 Å². The SMILES string of the molecule is CN1CCN(C(=O)CCNc2ccc(OCc3ccccc3)cc2)CC1. The van der Waals surface area contributed by atoms with Crippen molar-refractivity contribution in [1.29, 1.82) is 0 Å². The number of nitrogens with one attached hydrogen (secondary N) is 1. The summed E-state index contributed by atoms with van der Waals surface area (Å²) < 4.78 is 5.79. The van der Waals surface area contributed by atoms with Gasteiger partial charge in [-0.25, -0.2) is 0 Å². The number of carbonyl (C=O) groups is 1. The Labute approximate surface area is 155 Å². The van der Waals surface area contributed by atoms with E-state index in [9.17, 15) is 4.79 Å². The molecule has 0 saturated carbocycles. The Bertz CT molecular complexity index is 680. The van der Waals surface area contributed by atoms with Crippen LogP contribution in [-0.2, 0) is 11.4 Å². The second kappa shape index (κ2) is 9.25. The van der Waals surface area contributed by atoms with Crippen LogP contribution in [0.5, 0.6) is 5.75 Å². The molecule has 0 aromatic heterocycles. The Balaban J connectivity index is 1.38. The molecule has 1 N–H and O–H groups in total. The minimum Gasteiger partial charge on any atom is -0.489 e. The number of ether oxygens (including phenoxy) is 1. The predicted octanol–water partition coefficient (Wildman–Crippen LogP) is 2.84. The Morgan fingerprint density at radius 3 is 2.38 bits per heavy atom. The standard InChI is InChI=1S/C21H27N3O2/c1-23-13-15-24(16-14-23)21(25)11-12-22-19-7-9-20(10-8-19)26-17-18-5-3-2-4-6-18/h2-10,22H,11-17H2,1H3. The molecule has 26 heavy (non-hydrogen) atoms. The normalized spacial score (nSPS) is 14.9. The van der Waals surface area contributed by atoms with Crippen LogP contribution in [0.25, 0.3) is 0 Å². The van der Waals surface area contributed by atoms with Gasteiger partial charge in [0.05, 0.1) is 0 Å². The fourth-order valence-corrected chi connectivity index (χ4v) is 2.94. The van der Waals surface area contributed by atoms with E-state index in [0.717, 1.165) is 43.2 Å². The highest BCUT2D eigenvalue weighted by molar-refractivity contribution is 5.76. The highest BCUT2D eigenvalue weighted by Gasteiger charge is 2.18. The van der Waals surface area contributed by atoms with Crippen molar-refractivity contribution in [3.63, 3.8) is 0 Å². The van der Waals surface area contributed by atoms with Gasteiger partial charge in [0.2, 0.25) is 5.91 Å². The zero-order chi connectivity index (χ0) is 18.2. The molecular weight excluding hydrogens is 326 g/mol. The van der Waals surface area contributed by atoms with Gasteiger partial charge in [0.15, 0.2) is 0 Å². The first-order valence-electron chi connectivity index (χ1n) is 9.18. The van der Waals surface area contributed by atoms with Gasteiger partial charge < -0.3 is 19.9 Å². The van der Waals surface area contributed by atoms with Gasteiger partial charge in [-0.05, 0) is 36.9 Å². The monoisotopic (exact) mass is 353 g/mol. The van der Waals surface area contributed by atoms with E-state index in [2.05, 4.69) is 17.3 Å². The average molecular weight is 353 g/mol. The summed E-state index contributed by atoms with van der Waals surface area (Å²) in [5.74, 6) is 1.07. The molecule has 3 rings (SSSR count). The number of hydrogen-bond donors (Lipinski definition) is 1. The van der Waals surface area contributed by atoms with E-state index < -0.39 is 0 Å². The maximum atomic E-state index is 12.2. The number of amides is 1. The van der Waals surface area contributed by atoms with E-state index in [4.69, 9.17) is 4.74 Å². The molecule has 1 fully saturated rings. The van der Waals surface area contributed by atoms with E-state index in [1.54, 1.807) is 0 Å². The maximum absolute atomic E-state index is 12.2. The summed E-state index contributed by atoms with van der Waals surface area (Å²) in [6, 6.07) is 18.0. The van der Waals surface area contributed by atoms with Crippen molar-refractivity contribution in [3.05, 3.63) is 60.2 Å². The van der Waals surface area contributed by atoms with Crippen molar-refractivity contribution in [1.82, 2.24) is 9.80 Å². The minimum absolute atomic E-state index is 0.230. The van der Waals surface area contributed by atoms with Gasteiger partial charge in [0.1, 0.15) is 12.4 Å². The van der Waals surface area contributed by atoms with Crippen LogP contribution in [0.4, 0.5) is 5.69 Å². The number of nitrogens with zero attached hydrogens (tertiary/aromatic N) is 2. The first-order valence-corrected chi connectivity index (χ1v) is 9.18. The summed E-state index contributed by atoms with van der Waals surface area (Å²) in [7, 11) is 2.09. The molecule has 2 aromatic rings. The second-order valence-corrected chi connectivity index (χ2v) is 6.66. The van der Waals surface area contributed by atoms with Gasteiger partial charge in [-0.1, -0.05) is 30.3 Å².